The maximum atomic E-state index is 14.1. The molecule has 192 valence electrons. The molecule has 6 atom stereocenters. The van der Waals surface area contributed by atoms with Gasteiger partial charge < -0.3 is 24.8 Å². The maximum absolute atomic E-state index is 14.1. The average molecular weight is 487 g/mol. The van der Waals surface area contributed by atoms with Gasteiger partial charge in [-0.15, -0.1) is 0 Å². The topological polar surface area (TPSA) is 105 Å². The normalized spacial score (nSPS) is 32.2. The number of esters is 1. The zero-order valence-electron chi connectivity index (χ0n) is 21.6. The first kappa shape index (κ1) is 25.6. The number of rotatable bonds is 8. The Morgan fingerprint density at radius 3 is 2.49 bits per heavy atom. The van der Waals surface area contributed by atoms with E-state index in [9.17, 15) is 19.5 Å². The number of hydrogen-bond acceptors (Lipinski definition) is 6. The van der Waals surface area contributed by atoms with Crippen LogP contribution in [-0.2, 0) is 23.9 Å². The standard InChI is InChI=1S/C27H38N2O6/c1-7-34-25(33)20-19-24(32)29(18(14-30)13-15(2)3)22(27(19)12-11-26(20,6)35-27)23(31)28-21-16(4)9-8-10-17(21)5/h8-10,15,18-20,22,30H,7,11-14H2,1-6H3,(H,28,31)/t18-,19+,20-,22?,26+,27?/m1/s1. The minimum atomic E-state index is -1.14. The predicted molar refractivity (Wildman–Crippen MR) is 131 cm³/mol. The summed E-state index contributed by atoms with van der Waals surface area (Å²) in [4.78, 5) is 42.7. The van der Waals surface area contributed by atoms with Gasteiger partial charge in [-0.25, -0.2) is 0 Å². The molecular formula is C27H38N2O6. The van der Waals surface area contributed by atoms with Gasteiger partial charge in [-0.1, -0.05) is 32.0 Å². The molecule has 3 fully saturated rings. The summed E-state index contributed by atoms with van der Waals surface area (Å²) in [6.45, 7) is 11.4. The molecule has 8 heteroatoms. The number of carbonyl (C=O) groups excluding carboxylic acids is 3. The van der Waals surface area contributed by atoms with Gasteiger partial charge >= 0.3 is 5.97 Å². The highest BCUT2D eigenvalue weighted by molar-refractivity contribution is 6.04. The first-order chi connectivity index (χ1) is 16.5. The maximum Gasteiger partial charge on any atom is 0.312 e. The fourth-order valence-electron chi connectivity index (χ4n) is 6.67. The van der Waals surface area contributed by atoms with Crippen LogP contribution in [0.4, 0.5) is 5.69 Å². The number of likely N-dealkylation sites (tertiary alicyclic amines) is 1. The largest absolute Gasteiger partial charge is 0.466 e. The first-order valence-corrected chi connectivity index (χ1v) is 12.7. The van der Waals surface area contributed by atoms with Gasteiger partial charge in [-0.3, -0.25) is 14.4 Å². The molecule has 1 aromatic carbocycles. The number of benzene rings is 1. The second-order valence-corrected chi connectivity index (χ2v) is 10.9. The van der Waals surface area contributed by atoms with Crippen molar-refractivity contribution < 1.29 is 29.0 Å². The van der Waals surface area contributed by atoms with Crippen molar-refractivity contribution in [2.75, 3.05) is 18.5 Å². The van der Waals surface area contributed by atoms with Crippen molar-refractivity contribution >= 4 is 23.5 Å². The molecule has 2 N–H and O–H groups in total. The van der Waals surface area contributed by atoms with Crippen LogP contribution in [0, 0.1) is 31.6 Å². The van der Waals surface area contributed by atoms with Gasteiger partial charge in [0.15, 0.2) is 0 Å². The van der Waals surface area contributed by atoms with Crippen molar-refractivity contribution in [3.63, 3.8) is 0 Å². The fraction of sp³-hybridized carbons (Fsp3) is 0.667. The smallest absolute Gasteiger partial charge is 0.312 e. The van der Waals surface area contributed by atoms with E-state index in [2.05, 4.69) is 5.32 Å². The number of ether oxygens (including phenoxy) is 2. The van der Waals surface area contributed by atoms with Crippen LogP contribution in [0.3, 0.4) is 0 Å². The quantitative estimate of drug-likeness (QED) is 0.548. The Kier molecular flexibility index (Phi) is 6.74. The number of amides is 2. The molecule has 1 spiro atoms. The zero-order chi connectivity index (χ0) is 25.7. The summed E-state index contributed by atoms with van der Waals surface area (Å²) in [5, 5.41) is 13.4. The van der Waals surface area contributed by atoms with Crippen LogP contribution in [0.25, 0.3) is 0 Å². The lowest BCUT2D eigenvalue weighted by Gasteiger charge is -2.37. The van der Waals surface area contributed by atoms with Crippen LogP contribution >= 0.6 is 0 Å². The highest BCUT2D eigenvalue weighted by Gasteiger charge is 2.78. The predicted octanol–water partition coefficient (Wildman–Crippen LogP) is 2.98. The fourth-order valence-corrected chi connectivity index (χ4v) is 6.67. The van der Waals surface area contributed by atoms with E-state index in [0.29, 0.717) is 24.9 Å². The molecule has 4 rings (SSSR count). The molecule has 2 unspecified atom stereocenters. The zero-order valence-corrected chi connectivity index (χ0v) is 21.6. The Hall–Kier alpha value is -2.45. The summed E-state index contributed by atoms with van der Waals surface area (Å²) < 4.78 is 11.9. The lowest BCUT2D eigenvalue weighted by molar-refractivity contribution is -0.160. The summed E-state index contributed by atoms with van der Waals surface area (Å²) in [5.74, 6) is -2.55. The van der Waals surface area contributed by atoms with E-state index in [0.717, 1.165) is 11.1 Å². The Morgan fingerprint density at radius 1 is 1.26 bits per heavy atom. The van der Waals surface area contributed by atoms with Crippen LogP contribution in [0.2, 0.25) is 0 Å². The summed E-state index contributed by atoms with van der Waals surface area (Å²) in [6.07, 6.45) is 1.56. The molecule has 2 bridgehead atoms. The molecule has 2 amide bonds. The summed E-state index contributed by atoms with van der Waals surface area (Å²) in [6, 6.07) is 4.25. The van der Waals surface area contributed by atoms with Crippen LogP contribution < -0.4 is 5.32 Å². The van der Waals surface area contributed by atoms with Crippen molar-refractivity contribution in [3.8, 4) is 0 Å². The number of hydrogen-bond donors (Lipinski definition) is 2. The highest BCUT2D eigenvalue weighted by Crippen LogP contribution is 2.63. The van der Waals surface area contributed by atoms with Crippen molar-refractivity contribution in [3.05, 3.63) is 29.3 Å². The molecule has 8 nitrogen and oxygen atoms in total. The molecular weight excluding hydrogens is 448 g/mol. The van der Waals surface area contributed by atoms with Gasteiger partial charge in [0.2, 0.25) is 11.8 Å². The summed E-state index contributed by atoms with van der Waals surface area (Å²) in [5.41, 5.74) is 0.515. The molecule has 3 aliphatic rings. The minimum Gasteiger partial charge on any atom is -0.466 e. The van der Waals surface area contributed by atoms with Crippen LogP contribution in [0.5, 0.6) is 0 Å². The number of para-hydroxylation sites is 1. The number of nitrogens with one attached hydrogen (secondary N) is 1. The third kappa shape index (κ3) is 3.95. The average Bonchev–Trinajstić information content (AvgIpc) is 3.35. The molecule has 0 radical (unpaired) electrons. The monoisotopic (exact) mass is 486 g/mol. The molecule has 0 aromatic heterocycles. The number of carbonyl (C=O) groups is 3. The first-order valence-electron chi connectivity index (χ1n) is 12.7. The van der Waals surface area contributed by atoms with Gasteiger partial charge in [0.25, 0.3) is 0 Å². The number of aryl methyl sites for hydroxylation is 2. The van der Waals surface area contributed by atoms with E-state index in [4.69, 9.17) is 9.47 Å². The number of nitrogens with zero attached hydrogens (tertiary/aromatic N) is 1. The highest BCUT2D eigenvalue weighted by atomic mass is 16.6. The summed E-state index contributed by atoms with van der Waals surface area (Å²) in [7, 11) is 0. The van der Waals surface area contributed by atoms with E-state index < -0.39 is 41.1 Å². The SMILES string of the molecule is CCOC(=O)[C@H]1[C@H]2C(=O)N([C@@H](CO)CC(C)C)C(C(=O)Nc3c(C)cccc3C)C23CC[C@]1(C)O3. The molecule has 1 aromatic rings. The molecule has 0 aliphatic carbocycles. The van der Waals surface area contributed by atoms with Crippen molar-refractivity contribution in [2.45, 2.75) is 84.1 Å². The van der Waals surface area contributed by atoms with Crippen molar-refractivity contribution in [1.29, 1.82) is 0 Å². The van der Waals surface area contributed by atoms with E-state index >= 15 is 0 Å². The molecule has 3 aliphatic heterocycles. The third-order valence-electron chi connectivity index (χ3n) is 8.08. The van der Waals surface area contributed by atoms with Crippen molar-refractivity contribution in [1.82, 2.24) is 4.90 Å². The molecule has 0 saturated carbocycles. The van der Waals surface area contributed by atoms with Gasteiger partial charge in [0.1, 0.15) is 17.6 Å². The van der Waals surface area contributed by atoms with E-state index in [1.807, 2.05) is 52.8 Å². The van der Waals surface area contributed by atoms with Crippen molar-refractivity contribution in [2.24, 2.45) is 17.8 Å². The van der Waals surface area contributed by atoms with E-state index in [-0.39, 0.29) is 30.9 Å². The molecule has 3 saturated heterocycles. The third-order valence-corrected chi connectivity index (χ3v) is 8.08. The van der Waals surface area contributed by atoms with Gasteiger partial charge in [0, 0.05) is 5.69 Å². The van der Waals surface area contributed by atoms with Gasteiger partial charge in [-0.2, -0.15) is 0 Å². The summed E-state index contributed by atoms with van der Waals surface area (Å²) >= 11 is 0. The van der Waals surface area contributed by atoms with E-state index in [1.54, 1.807) is 6.92 Å². The van der Waals surface area contributed by atoms with Crippen LogP contribution in [-0.4, -0.2) is 64.3 Å². The second kappa shape index (κ2) is 9.21. The Bertz CT molecular complexity index is 1000. The molecule has 3 heterocycles. The number of aliphatic hydroxyl groups excluding tert-OH is 1. The van der Waals surface area contributed by atoms with E-state index in [1.165, 1.54) is 4.90 Å². The Balaban J connectivity index is 1.80. The Labute approximate surface area is 207 Å². The second-order valence-electron chi connectivity index (χ2n) is 10.9. The lowest BCUT2D eigenvalue weighted by Crippen LogP contribution is -2.56. The molecule has 35 heavy (non-hydrogen) atoms. The van der Waals surface area contributed by atoms with Crippen LogP contribution in [0.1, 0.15) is 58.1 Å². The van der Waals surface area contributed by atoms with Crippen LogP contribution in [0.15, 0.2) is 18.2 Å². The minimum absolute atomic E-state index is 0.191. The number of fused-ring (bicyclic) bond motifs is 1. The Morgan fingerprint density at radius 2 is 1.91 bits per heavy atom. The number of anilines is 1. The number of aliphatic hydroxyl groups is 1. The lowest BCUT2D eigenvalue weighted by atomic mass is 9.66. The van der Waals surface area contributed by atoms with Gasteiger partial charge in [-0.05, 0) is 64.0 Å². The van der Waals surface area contributed by atoms with Gasteiger partial charge in [0.05, 0.1) is 30.8 Å².